The van der Waals surface area contributed by atoms with Crippen molar-refractivity contribution in [2.45, 2.75) is 25.5 Å². The first-order valence-corrected chi connectivity index (χ1v) is 11.2. The fraction of sp³-hybridized carbons (Fsp3) is 0.333. The number of aromatic hydroxyl groups is 1. The number of benzene rings is 2. The molecule has 0 unspecified atom stereocenters. The fourth-order valence-electron chi connectivity index (χ4n) is 4.28. The quantitative estimate of drug-likeness (QED) is 0.342. The monoisotopic (exact) mass is 517 g/mol. The van der Waals surface area contributed by atoms with Gasteiger partial charge in [-0.2, -0.15) is 0 Å². The molecule has 2 N–H and O–H groups in total. The molecule has 0 radical (unpaired) electrons. The molecule has 2 aliphatic rings. The molecule has 0 aliphatic carbocycles. The van der Waals surface area contributed by atoms with Crippen LogP contribution in [0.1, 0.15) is 29.7 Å². The van der Waals surface area contributed by atoms with Crippen LogP contribution < -0.4 is 9.47 Å². The molecule has 2 atom stereocenters. The van der Waals surface area contributed by atoms with E-state index in [1.54, 1.807) is 30.3 Å². The number of fused-ring (bicyclic) bond motifs is 1. The molecule has 174 valence electrons. The first-order chi connectivity index (χ1) is 15.8. The fourth-order valence-corrected chi connectivity index (χ4v) is 4.74. The van der Waals surface area contributed by atoms with E-state index in [1.165, 1.54) is 19.1 Å². The van der Waals surface area contributed by atoms with Gasteiger partial charge in [0.05, 0.1) is 29.8 Å². The number of halogens is 1. The van der Waals surface area contributed by atoms with Gasteiger partial charge in [-0.3, -0.25) is 9.59 Å². The number of likely N-dealkylation sites (tertiary alicyclic amines) is 1. The van der Waals surface area contributed by atoms with Crippen molar-refractivity contribution in [3.8, 4) is 17.2 Å². The summed E-state index contributed by atoms with van der Waals surface area (Å²) >= 11 is 3.29. The number of rotatable bonds is 6. The predicted octanol–water partition coefficient (Wildman–Crippen LogP) is 3.55. The van der Waals surface area contributed by atoms with E-state index in [1.807, 2.05) is 6.92 Å². The summed E-state index contributed by atoms with van der Waals surface area (Å²) in [4.78, 5) is 27.4. The topological polar surface area (TPSA) is 106 Å². The van der Waals surface area contributed by atoms with Crippen LogP contribution in [0.15, 0.2) is 40.4 Å². The third kappa shape index (κ3) is 4.06. The Morgan fingerprint density at radius 1 is 1.24 bits per heavy atom. The van der Waals surface area contributed by atoms with Crippen LogP contribution in [0.4, 0.5) is 0 Å². The number of hydrogen-bond acceptors (Lipinski definition) is 7. The molecule has 2 heterocycles. The van der Waals surface area contributed by atoms with Gasteiger partial charge in [-0.1, -0.05) is 0 Å². The second-order valence-corrected chi connectivity index (χ2v) is 8.85. The molecule has 2 aromatic rings. The van der Waals surface area contributed by atoms with E-state index in [9.17, 15) is 19.8 Å². The van der Waals surface area contributed by atoms with Gasteiger partial charge in [0.1, 0.15) is 17.6 Å². The van der Waals surface area contributed by atoms with Crippen LogP contribution >= 0.6 is 15.9 Å². The van der Waals surface area contributed by atoms with Crippen LogP contribution in [-0.4, -0.2) is 60.3 Å². The molecule has 1 amide bonds. The van der Waals surface area contributed by atoms with Gasteiger partial charge in [0, 0.05) is 25.6 Å². The molecule has 4 rings (SSSR count). The number of phenols is 1. The van der Waals surface area contributed by atoms with Crippen molar-refractivity contribution >= 4 is 33.4 Å². The Kier molecular flexibility index (Phi) is 6.36. The number of phenolic OH excluding ortho intramolecular Hbond substituents is 1. The molecule has 0 bridgehead atoms. The molecule has 2 aliphatic heterocycles. The Bertz CT molecular complexity index is 1160. The Morgan fingerprint density at radius 2 is 2.00 bits per heavy atom. The average Bonchev–Trinajstić information content (AvgIpc) is 3.29. The largest absolute Gasteiger partial charge is 0.507 e. The smallest absolute Gasteiger partial charge is 0.295 e. The molecule has 9 heteroatoms. The van der Waals surface area contributed by atoms with Gasteiger partial charge in [-0.25, -0.2) is 0 Å². The van der Waals surface area contributed by atoms with Crippen LogP contribution in [0.25, 0.3) is 5.76 Å². The molecule has 0 spiro atoms. The number of Topliss-reactive ketones (excluding diaryl/α,β-unsaturated/α-hetero) is 1. The lowest BCUT2D eigenvalue weighted by Gasteiger charge is -2.25. The summed E-state index contributed by atoms with van der Waals surface area (Å²) in [5, 5.41) is 21.5. The first kappa shape index (κ1) is 23.1. The molecule has 2 aromatic carbocycles. The molecule has 33 heavy (non-hydrogen) atoms. The SMILES string of the molecule is COCCN1C(=O)C(=O)/C(=C(/O)c2ccc3c(c2)C[C@@H](C)O3)[C@@H]1c1cc(Br)c(O)c(OC)c1. The maximum absolute atomic E-state index is 13.1. The van der Waals surface area contributed by atoms with E-state index in [2.05, 4.69) is 15.9 Å². The summed E-state index contributed by atoms with van der Waals surface area (Å²) in [6.45, 7) is 2.30. The second kappa shape index (κ2) is 9.07. The lowest BCUT2D eigenvalue weighted by Crippen LogP contribution is -2.32. The molecule has 0 saturated carbocycles. The Morgan fingerprint density at radius 3 is 2.70 bits per heavy atom. The van der Waals surface area contributed by atoms with E-state index >= 15 is 0 Å². The van der Waals surface area contributed by atoms with Crippen LogP contribution in [0, 0.1) is 0 Å². The number of methoxy groups -OCH3 is 2. The summed E-state index contributed by atoms with van der Waals surface area (Å²) in [7, 11) is 2.90. The number of carbonyl (C=O) groups is 2. The van der Waals surface area contributed by atoms with Gasteiger partial charge >= 0.3 is 0 Å². The van der Waals surface area contributed by atoms with Crippen LogP contribution in [0.3, 0.4) is 0 Å². The van der Waals surface area contributed by atoms with E-state index in [0.29, 0.717) is 22.0 Å². The average molecular weight is 518 g/mol. The Balaban J connectivity index is 1.88. The molecule has 1 saturated heterocycles. The van der Waals surface area contributed by atoms with Crippen molar-refractivity contribution in [2.75, 3.05) is 27.4 Å². The third-order valence-corrected chi connectivity index (χ3v) is 6.44. The van der Waals surface area contributed by atoms with Crippen molar-refractivity contribution in [3.63, 3.8) is 0 Å². The number of hydrogen-bond donors (Lipinski definition) is 2. The number of nitrogens with zero attached hydrogens (tertiary/aromatic N) is 1. The van der Waals surface area contributed by atoms with Crippen molar-refractivity contribution in [1.82, 2.24) is 4.90 Å². The van der Waals surface area contributed by atoms with Gasteiger partial charge in [-0.15, -0.1) is 0 Å². The zero-order valence-corrected chi connectivity index (χ0v) is 20.0. The number of aliphatic hydroxyl groups excluding tert-OH is 1. The number of aliphatic hydroxyl groups is 1. The Labute approximate surface area is 199 Å². The van der Waals surface area contributed by atoms with Crippen molar-refractivity contribution in [2.24, 2.45) is 0 Å². The summed E-state index contributed by atoms with van der Waals surface area (Å²) in [5.74, 6) is -1.00. The molecular weight excluding hydrogens is 494 g/mol. The first-order valence-electron chi connectivity index (χ1n) is 10.4. The van der Waals surface area contributed by atoms with Crippen molar-refractivity contribution in [1.29, 1.82) is 0 Å². The lowest BCUT2D eigenvalue weighted by atomic mass is 9.94. The zero-order chi connectivity index (χ0) is 23.9. The maximum atomic E-state index is 13.1. The predicted molar refractivity (Wildman–Crippen MR) is 123 cm³/mol. The number of ether oxygens (including phenoxy) is 3. The molecule has 1 fully saturated rings. The van der Waals surface area contributed by atoms with Crippen molar-refractivity contribution < 1.29 is 34.0 Å². The highest BCUT2D eigenvalue weighted by Crippen LogP contribution is 2.44. The Hall–Kier alpha value is -3.04. The highest BCUT2D eigenvalue weighted by atomic mass is 79.9. The second-order valence-electron chi connectivity index (χ2n) is 7.99. The minimum absolute atomic E-state index is 0.0267. The van der Waals surface area contributed by atoms with E-state index in [-0.39, 0.29) is 42.1 Å². The molecule has 0 aromatic heterocycles. The van der Waals surface area contributed by atoms with Crippen LogP contribution in [0.5, 0.6) is 17.2 Å². The lowest BCUT2D eigenvalue weighted by molar-refractivity contribution is -0.140. The minimum Gasteiger partial charge on any atom is -0.507 e. The molecule has 8 nitrogen and oxygen atoms in total. The number of carbonyl (C=O) groups excluding carboxylic acids is 2. The van der Waals surface area contributed by atoms with E-state index in [4.69, 9.17) is 14.2 Å². The van der Waals surface area contributed by atoms with Gasteiger partial charge in [-0.05, 0) is 64.3 Å². The van der Waals surface area contributed by atoms with Crippen LogP contribution in [-0.2, 0) is 20.7 Å². The van der Waals surface area contributed by atoms with Gasteiger partial charge < -0.3 is 29.3 Å². The van der Waals surface area contributed by atoms with Gasteiger partial charge in [0.15, 0.2) is 11.5 Å². The summed E-state index contributed by atoms with van der Waals surface area (Å²) in [6.07, 6.45) is 0.711. The summed E-state index contributed by atoms with van der Waals surface area (Å²) in [6, 6.07) is 7.45. The van der Waals surface area contributed by atoms with Crippen molar-refractivity contribution in [3.05, 3.63) is 57.1 Å². The maximum Gasteiger partial charge on any atom is 0.295 e. The highest BCUT2D eigenvalue weighted by molar-refractivity contribution is 9.10. The third-order valence-electron chi connectivity index (χ3n) is 5.83. The van der Waals surface area contributed by atoms with E-state index < -0.39 is 17.7 Å². The summed E-state index contributed by atoms with van der Waals surface area (Å²) < 4.78 is 16.4. The van der Waals surface area contributed by atoms with Gasteiger partial charge in [0.2, 0.25) is 0 Å². The highest BCUT2D eigenvalue weighted by Gasteiger charge is 2.46. The minimum atomic E-state index is -0.894. The normalized spacial score (nSPS) is 21.3. The molecular formula is C24H24BrNO7. The van der Waals surface area contributed by atoms with E-state index in [0.717, 1.165) is 11.3 Å². The standard InChI is InChI=1S/C24H24BrNO7/c1-12-8-14-9-13(4-5-17(14)33-12)21(27)19-20(26(6-7-31-2)24(30)23(19)29)15-10-16(25)22(28)18(11-15)32-3/h4-5,9-12,20,27-28H,6-8H2,1-3H3/b21-19+/t12-,20+/m1/s1. The number of amides is 1. The summed E-state index contributed by atoms with van der Waals surface area (Å²) in [5.41, 5.74) is 1.80. The number of ketones is 1. The van der Waals surface area contributed by atoms with Gasteiger partial charge in [0.25, 0.3) is 11.7 Å². The van der Waals surface area contributed by atoms with Crippen LogP contribution in [0.2, 0.25) is 0 Å². The zero-order valence-electron chi connectivity index (χ0n) is 18.4.